The van der Waals surface area contributed by atoms with E-state index in [1.165, 1.54) is 52.6 Å². The van der Waals surface area contributed by atoms with Gasteiger partial charge in [-0.25, -0.2) is 0 Å². The topological polar surface area (TPSA) is 29.1 Å². The second-order valence-electron chi connectivity index (χ2n) is 5.86. The van der Waals surface area contributed by atoms with Crippen LogP contribution >= 0.6 is 0 Å². The standard InChI is InChI=1S/C19H21NO/c1-12-10-15(19(21)20-3)11-13(2)18(12)17-9-5-7-14-6-4-8-16(14)17/h5,7,9-11H,4,6,8H2,1-3H3,(H,20,21). The summed E-state index contributed by atoms with van der Waals surface area (Å²) in [4.78, 5) is 11.8. The normalized spacial score (nSPS) is 13.1. The molecule has 0 unspecified atom stereocenters. The molecule has 0 bridgehead atoms. The molecule has 0 aliphatic heterocycles. The maximum atomic E-state index is 11.8. The van der Waals surface area contributed by atoms with Crippen LogP contribution in [0.5, 0.6) is 0 Å². The summed E-state index contributed by atoms with van der Waals surface area (Å²) in [5, 5.41) is 2.70. The number of hydrogen-bond donors (Lipinski definition) is 1. The molecule has 2 aromatic rings. The molecule has 0 radical (unpaired) electrons. The molecule has 0 saturated heterocycles. The van der Waals surface area contributed by atoms with E-state index in [0.29, 0.717) is 0 Å². The summed E-state index contributed by atoms with van der Waals surface area (Å²) >= 11 is 0. The lowest BCUT2D eigenvalue weighted by atomic mass is 9.89. The van der Waals surface area contributed by atoms with Gasteiger partial charge in [-0.3, -0.25) is 4.79 Å². The molecule has 0 atom stereocenters. The van der Waals surface area contributed by atoms with Crippen LogP contribution in [0.4, 0.5) is 0 Å². The van der Waals surface area contributed by atoms with Crippen LogP contribution in [-0.4, -0.2) is 13.0 Å². The minimum atomic E-state index is -0.0222. The molecular weight excluding hydrogens is 258 g/mol. The predicted molar refractivity (Wildman–Crippen MR) is 86.8 cm³/mol. The second kappa shape index (κ2) is 5.36. The van der Waals surface area contributed by atoms with Crippen molar-refractivity contribution in [3.63, 3.8) is 0 Å². The largest absolute Gasteiger partial charge is 0.355 e. The molecule has 2 aromatic carbocycles. The van der Waals surface area contributed by atoms with Crippen molar-refractivity contribution < 1.29 is 4.79 Å². The maximum absolute atomic E-state index is 11.8. The van der Waals surface area contributed by atoms with Gasteiger partial charge in [0.2, 0.25) is 0 Å². The van der Waals surface area contributed by atoms with Gasteiger partial charge in [0.1, 0.15) is 0 Å². The van der Waals surface area contributed by atoms with Gasteiger partial charge in [-0.1, -0.05) is 18.2 Å². The quantitative estimate of drug-likeness (QED) is 0.889. The van der Waals surface area contributed by atoms with Crippen molar-refractivity contribution in [2.45, 2.75) is 33.1 Å². The predicted octanol–water partition coefficient (Wildman–Crippen LogP) is 3.82. The SMILES string of the molecule is CNC(=O)c1cc(C)c(-c2cccc3c2CCC3)c(C)c1. The van der Waals surface area contributed by atoms with Crippen LogP contribution in [-0.2, 0) is 12.8 Å². The van der Waals surface area contributed by atoms with Crippen LogP contribution in [0.25, 0.3) is 11.1 Å². The first-order valence-corrected chi connectivity index (χ1v) is 7.56. The van der Waals surface area contributed by atoms with Crippen molar-refractivity contribution in [3.05, 3.63) is 58.1 Å². The smallest absolute Gasteiger partial charge is 0.251 e. The lowest BCUT2D eigenvalue weighted by molar-refractivity contribution is 0.0963. The molecular formula is C19H21NO. The van der Waals surface area contributed by atoms with Crippen LogP contribution in [0, 0.1) is 13.8 Å². The Labute approximate surface area is 126 Å². The van der Waals surface area contributed by atoms with E-state index in [-0.39, 0.29) is 5.91 Å². The molecule has 0 heterocycles. The minimum absolute atomic E-state index is 0.0222. The summed E-state index contributed by atoms with van der Waals surface area (Å²) in [6, 6.07) is 10.6. The van der Waals surface area contributed by atoms with E-state index < -0.39 is 0 Å². The average Bonchev–Trinajstić information content (AvgIpc) is 2.94. The van der Waals surface area contributed by atoms with Crippen molar-refractivity contribution in [1.29, 1.82) is 0 Å². The molecule has 1 amide bonds. The van der Waals surface area contributed by atoms with Crippen molar-refractivity contribution in [2.24, 2.45) is 0 Å². The number of carbonyl (C=O) groups is 1. The van der Waals surface area contributed by atoms with E-state index in [1.807, 2.05) is 12.1 Å². The lowest BCUT2D eigenvalue weighted by Gasteiger charge is -2.16. The Morgan fingerprint density at radius 1 is 1.10 bits per heavy atom. The van der Waals surface area contributed by atoms with Crippen molar-refractivity contribution in [1.82, 2.24) is 5.32 Å². The van der Waals surface area contributed by atoms with Crippen molar-refractivity contribution in [3.8, 4) is 11.1 Å². The Balaban J connectivity index is 2.16. The number of amides is 1. The van der Waals surface area contributed by atoms with Crippen LogP contribution in [0.1, 0.15) is 39.0 Å². The molecule has 0 saturated carbocycles. The maximum Gasteiger partial charge on any atom is 0.251 e. The van der Waals surface area contributed by atoms with E-state index in [4.69, 9.17) is 0 Å². The lowest BCUT2D eigenvalue weighted by Crippen LogP contribution is -2.18. The number of nitrogens with one attached hydrogen (secondary N) is 1. The molecule has 3 rings (SSSR count). The van der Waals surface area contributed by atoms with E-state index in [2.05, 4.69) is 37.4 Å². The van der Waals surface area contributed by atoms with Gasteiger partial charge in [0.25, 0.3) is 5.91 Å². The fourth-order valence-corrected chi connectivity index (χ4v) is 3.52. The van der Waals surface area contributed by atoms with Crippen LogP contribution in [0.2, 0.25) is 0 Å². The number of fused-ring (bicyclic) bond motifs is 1. The van der Waals surface area contributed by atoms with Crippen molar-refractivity contribution in [2.75, 3.05) is 7.05 Å². The van der Waals surface area contributed by atoms with E-state index in [0.717, 1.165) is 5.56 Å². The number of hydrogen-bond acceptors (Lipinski definition) is 1. The summed E-state index contributed by atoms with van der Waals surface area (Å²) in [5.41, 5.74) is 8.72. The van der Waals surface area contributed by atoms with Crippen LogP contribution < -0.4 is 5.32 Å². The Morgan fingerprint density at radius 3 is 2.48 bits per heavy atom. The molecule has 0 spiro atoms. The van der Waals surface area contributed by atoms with Crippen LogP contribution in [0.15, 0.2) is 30.3 Å². The molecule has 1 N–H and O–H groups in total. The van der Waals surface area contributed by atoms with E-state index in [1.54, 1.807) is 7.05 Å². The Hall–Kier alpha value is -2.09. The highest BCUT2D eigenvalue weighted by atomic mass is 16.1. The average molecular weight is 279 g/mol. The zero-order valence-corrected chi connectivity index (χ0v) is 12.9. The molecule has 21 heavy (non-hydrogen) atoms. The van der Waals surface area contributed by atoms with Crippen LogP contribution in [0.3, 0.4) is 0 Å². The first-order chi connectivity index (χ1) is 10.1. The zero-order chi connectivity index (χ0) is 15.0. The van der Waals surface area contributed by atoms with Gasteiger partial charge in [-0.05, 0) is 78.6 Å². The van der Waals surface area contributed by atoms with Gasteiger partial charge in [-0.2, -0.15) is 0 Å². The molecule has 2 nitrogen and oxygen atoms in total. The monoisotopic (exact) mass is 279 g/mol. The number of rotatable bonds is 2. The molecule has 0 aromatic heterocycles. The summed E-state index contributed by atoms with van der Waals surface area (Å²) in [6.07, 6.45) is 3.61. The first kappa shape index (κ1) is 13.9. The Kier molecular flexibility index (Phi) is 3.54. The zero-order valence-electron chi connectivity index (χ0n) is 12.9. The first-order valence-electron chi connectivity index (χ1n) is 7.56. The number of benzene rings is 2. The highest BCUT2D eigenvalue weighted by Gasteiger charge is 2.18. The van der Waals surface area contributed by atoms with Gasteiger partial charge in [0.05, 0.1) is 0 Å². The van der Waals surface area contributed by atoms with Gasteiger partial charge < -0.3 is 5.32 Å². The minimum Gasteiger partial charge on any atom is -0.355 e. The van der Waals surface area contributed by atoms with Crippen molar-refractivity contribution >= 4 is 5.91 Å². The third kappa shape index (κ3) is 2.35. The molecule has 1 aliphatic carbocycles. The highest BCUT2D eigenvalue weighted by molar-refractivity contribution is 5.95. The molecule has 0 fully saturated rings. The molecule has 108 valence electrons. The molecule has 2 heteroatoms. The Morgan fingerprint density at radius 2 is 1.81 bits per heavy atom. The summed E-state index contributed by atoms with van der Waals surface area (Å²) in [7, 11) is 1.67. The second-order valence-corrected chi connectivity index (χ2v) is 5.86. The van der Waals surface area contributed by atoms with E-state index >= 15 is 0 Å². The van der Waals surface area contributed by atoms with Gasteiger partial charge in [0, 0.05) is 12.6 Å². The fourth-order valence-electron chi connectivity index (χ4n) is 3.52. The summed E-state index contributed by atoms with van der Waals surface area (Å²) in [5.74, 6) is -0.0222. The van der Waals surface area contributed by atoms with Gasteiger partial charge in [0.15, 0.2) is 0 Å². The fraction of sp³-hybridized carbons (Fsp3) is 0.316. The molecule has 1 aliphatic rings. The van der Waals surface area contributed by atoms with E-state index in [9.17, 15) is 4.79 Å². The van der Waals surface area contributed by atoms with Gasteiger partial charge >= 0.3 is 0 Å². The number of aryl methyl sites for hydroxylation is 3. The summed E-state index contributed by atoms with van der Waals surface area (Å²) in [6.45, 7) is 4.20. The number of carbonyl (C=O) groups excluding carboxylic acids is 1. The third-order valence-electron chi connectivity index (χ3n) is 4.44. The highest BCUT2D eigenvalue weighted by Crippen LogP contribution is 2.36. The Bertz CT molecular complexity index is 692. The van der Waals surface area contributed by atoms with Gasteiger partial charge in [-0.15, -0.1) is 0 Å². The summed E-state index contributed by atoms with van der Waals surface area (Å²) < 4.78 is 0. The third-order valence-corrected chi connectivity index (χ3v) is 4.44.